The molecule has 11 heteroatoms. The lowest BCUT2D eigenvalue weighted by Crippen LogP contribution is -2.18. The van der Waals surface area contributed by atoms with Crippen molar-refractivity contribution in [1.29, 1.82) is 0 Å². The molecule has 0 aliphatic carbocycles. The zero-order chi connectivity index (χ0) is 22.4. The molecule has 31 heavy (non-hydrogen) atoms. The van der Waals surface area contributed by atoms with Crippen molar-refractivity contribution in [3.8, 4) is 11.6 Å². The van der Waals surface area contributed by atoms with Crippen LogP contribution < -0.4 is 20.1 Å². The van der Waals surface area contributed by atoms with Crippen molar-refractivity contribution in [1.82, 2.24) is 9.97 Å². The molecule has 2 aromatic carbocycles. The molecule has 0 saturated carbocycles. The van der Waals surface area contributed by atoms with Crippen LogP contribution in [0.1, 0.15) is 17.3 Å². The molecule has 0 bridgehead atoms. The third-order valence-electron chi connectivity index (χ3n) is 3.73. The van der Waals surface area contributed by atoms with Crippen LogP contribution in [0.5, 0.6) is 11.6 Å². The third-order valence-corrected chi connectivity index (χ3v) is 4.32. The quantitative estimate of drug-likeness (QED) is 0.512. The van der Waals surface area contributed by atoms with Crippen LogP contribution in [0.4, 0.5) is 17.1 Å². The van der Waals surface area contributed by atoms with Crippen LogP contribution in [-0.2, 0) is 14.8 Å². The molecule has 3 rings (SSSR count). The van der Waals surface area contributed by atoms with E-state index in [2.05, 4.69) is 25.3 Å². The van der Waals surface area contributed by atoms with Gasteiger partial charge in [-0.1, -0.05) is 6.07 Å². The highest BCUT2D eigenvalue weighted by Gasteiger charge is 2.16. The fourth-order valence-electron chi connectivity index (χ4n) is 2.60. The second-order valence-electron chi connectivity index (χ2n) is 6.44. The summed E-state index contributed by atoms with van der Waals surface area (Å²) in [4.78, 5) is 32.2. The van der Waals surface area contributed by atoms with Crippen molar-refractivity contribution in [3.63, 3.8) is 0 Å². The Hall–Kier alpha value is -3.99. The van der Waals surface area contributed by atoms with Crippen molar-refractivity contribution >= 4 is 38.9 Å². The van der Waals surface area contributed by atoms with Crippen LogP contribution in [-0.4, -0.2) is 36.5 Å². The van der Waals surface area contributed by atoms with E-state index < -0.39 is 15.9 Å². The lowest BCUT2D eigenvalue weighted by atomic mass is 10.1. The molecule has 0 aliphatic heterocycles. The first kappa shape index (κ1) is 21.7. The molecular weight excluding hydrogens is 422 g/mol. The molecule has 0 saturated heterocycles. The van der Waals surface area contributed by atoms with Crippen molar-refractivity contribution in [3.05, 3.63) is 66.6 Å². The Balaban J connectivity index is 1.86. The van der Waals surface area contributed by atoms with Gasteiger partial charge in [-0.05, 0) is 30.3 Å². The van der Waals surface area contributed by atoms with Crippen molar-refractivity contribution in [2.24, 2.45) is 0 Å². The third kappa shape index (κ3) is 6.51. The Bertz CT molecular complexity index is 1220. The summed E-state index contributed by atoms with van der Waals surface area (Å²) in [6.45, 7) is 1.32. The largest absolute Gasteiger partial charge is 0.437 e. The van der Waals surface area contributed by atoms with E-state index in [1.54, 1.807) is 24.3 Å². The number of benzene rings is 2. The summed E-state index contributed by atoms with van der Waals surface area (Å²) in [7, 11) is -3.63. The average molecular weight is 441 g/mol. The van der Waals surface area contributed by atoms with Gasteiger partial charge in [-0.25, -0.2) is 13.4 Å². The summed E-state index contributed by atoms with van der Waals surface area (Å²) in [5, 5.41) is 5.25. The highest BCUT2D eigenvalue weighted by molar-refractivity contribution is 7.92. The van der Waals surface area contributed by atoms with Crippen LogP contribution in [0.3, 0.4) is 0 Å². The summed E-state index contributed by atoms with van der Waals surface area (Å²) >= 11 is 0. The van der Waals surface area contributed by atoms with E-state index in [-0.39, 0.29) is 23.0 Å². The number of rotatable bonds is 7. The molecule has 0 atom stereocenters. The van der Waals surface area contributed by atoms with Gasteiger partial charge in [0.2, 0.25) is 21.8 Å². The van der Waals surface area contributed by atoms with E-state index in [1.807, 2.05) is 0 Å². The Morgan fingerprint density at radius 1 is 1.00 bits per heavy atom. The molecule has 0 spiro atoms. The van der Waals surface area contributed by atoms with Crippen molar-refractivity contribution in [2.75, 3.05) is 21.6 Å². The second-order valence-corrected chi connectivity index (χ2v) is 8.19. The minimum absolute atomic E-state index is 0.0249. The standard InChI is InChI=1S/C20H19N5O5S/c1-13(26)23-15-6-7-18(25-31(2,28)29)17(11-15)20(27)24-14-4-3-5-16(10-14)30-19-12-21-8-9-22-19/h3-12,25H,1-2H3,(H,23,26)(H,24,27). The molecule has 0 aliphatic rings. The fourth-order valence-corrected chi connectivity index (χ4v) is 3.17. The van der Waals surface area contributed by atoms with Crippen molar-refractivity contribution < 1.29 is 22.7 Å². The molecule has 160 valence electrons. The van der Waals surface area contributed by atoms with E-state index in [4.69, 9.17) is 4.74 Å². The van der Waals surface area contributed by atoms with Gasteiger partial charge in [0.05, 0.1) is 23.7 Å². The SMILES string of the molecule is CC(=O)Nc1ccc(NS(C)(=O)=O)c(C(=O)Nc2cccc(Oc3cnccn3)c2)c1. The molecule has 3 aromatic rings. The minimum Gasteiger partial charge on any atom is -0.437 e. The molecule has 0 radical (unpaired) electrons. The number of nitrogens with one attached hydrogen (secondary N) is 3. The van der Waals surface area contributed by atoms with E-state index in [0.717, 1.165) is 6.26 Å². The van der Waals surface area contributed by atoms with E-state index >= 15 is 0 Å². The predicted octanol–water partition coefficient (Wildman–Crippen LogP) is 2.85. The van der Waals surface area contributed by atoms with Crippen LogP contribution in [0.15, 0.2) is 61.1 Å². The number of nitrogens with zero attached hydrogens (tertiary/aromatic N) is 2. The molecule has 1 aromatic heterocycles. The number of carbonyl (C=O) groups is 2. The average Bonchev–Trinajstić information content (AvgIpc) is 2.68. The molecule has 10 nitrogen and oxygen atoms in total. The molecule has 0 unspecified atom stereocenters. The minimum atomic E-state index is -3.63. The number of aromatic nitrogens is 2. The van der Waals surface area contributed by atoms with Gasteiger partial charge in [-0.3, -0.25) is 19.3 Å². The maximum absolute atomic E-state index is 12.9. The van der Waals surface area contributed by atoms with Gasteiger partial charge in [-0.2, -0.15) is 0 Å². The molecule has 1 heterocycles. The number of hydrogen-bond donors (Lipinski definition) is 3. The van der Waals surface area contributed by atoms with Gasteiger partial charge < -0.3 is 15.4 Å². The van der Waals surface area contributed by atoms with Gasteiger partial charge in [0.1, 0.15) is 5.75 Å². The Labute approximate surface area is 178 Å². The topological polar surface area (TPSA) is 139 Å². The lowest BCUT2D eigenvalue weighted by Gasteiger charge is -2.14. The number of ether oxygens (including phenoxy) is 1. The van der Waals surface area contributed by atoms with Crippen LogP contribution in [0, 0.1) is 0 Å². The van der Waals surface area contributed by atoms with Gasteiger partial charge in [0.15, 0.2) is 0 Å². The number of carbonyl (C=O) groups excluding carboxylic acids is 2. The van der Waals surface area contributed by atoms with Gasteiger partial charge in [0, 0.05) is 36.8 Å². The van der Waals surface area contributed by atoms with E-state index in [0.29, 0.717) is 17.1 Å². The fraction of sp³-hybridized carbons (Fsp3) is 0.100. The summed E-state index contributed by atoms with van der Waals surface area (Å²) in [5.74, 6) is -0.215. The molecule has 0 fully saturated rings. The predicted molar refractivity (Wildman–Crippen MR) is 116 cm³/mol. The maximum atomic E-state index is 12.9. The van der Waals surface area contributed by atoms with Gasteiger partial charge >= 0.3 is 0 Å². The monoisotopic (exact) mass is 441 g/mol. The highest BCUT2D eigenvalue weighted by Crippen LogP contribution is 2.25. The Kier molecular flexibility index (Phi) is 6.46. The Morgan fingerprint density at radius 2 is 1.77 bits per heavy atom. The summed E-state index contributed by atoms with van der Waals surface area (Å²) < 4.78 is 31.2. The summed E-state index contributed by atoms with van der Waals surface area (Å²) in [6.07, 6.45) is 5.42. The first-order chi connectivity index (χ1) is 14.7. The molecule has 3 N–H and O–H groups in total. The normalized spacial score (nSPS) is 10.8. The second kappa shape index (κ2) is 9.22. The van der Waals surface area contributed by atoms with Crippen molar-refractivity contribution in [2.45, 2.75) is 6.92 Å². The van der Waals surface area contributed by atoms with Crippen LogP contribution in [0.25, 0.3) is 0 Å². The molecule has 2 amide bonds. The van der Waals surface area contributed by atoms with Gasteiger partial charge in [-0.15, -0.1) is 0 Å². The van der Waals surface area contributed by atoms with E-state index in [9.17, 15) is 18.0 Å². The number of hydrogen-bond acceptors (Lipinski definition) is 7. The number of anilines is 3. The van der Waals surface area contributed by atoms with Crippen LogP contribution in [0.2, 0.25) is 0 Å². The number of sulfonamides is 1. The zero-order valence-electron chi connectivity index (χ0n) is 16.6. The van der Waals surface area contributed by atoms with Crippen LogP contribution >= 0.6 is 0 Å². The lowest BCUT2D eigenvalue weighted by molar-refractivity contribution is -0.114. The smallest absolute Gasteiger partial charge is 0.257 e. The maximum Gasteiger partial charge on any atom is 0.257 e. The first-order valence-electron chi connectivity index (χ1n) is 8.94. The highest BCUT2D eigenvalue weighted by atomic mass is 32.2. The zero-order valence-corrected chi connectivity index (χ0v) is 17.4. The van der Waals surface area contributed by atoms with Gasteiger partial charge in [0.25, 0.3) is 5.91 Å². The van der Waals surface area contributed by atoms with E-state index in [1.165, 1.54) is 43.7 Å². The summed E-state index contributed by atoms with van der Waals surface area (Å²) in [6, 6.07) is 10.8. The first-order valence-corrected chi connectivity index (χ1v) is 10.8. The molecular formula is C20H19N5O5S. The number of amides is 2. The summed E-state index contributed by atoms with van der Waals surface area (Å²) in [5.41, 5.74) is 0.844. The Morgan fingerprint density at radius 3 is 2.45 bits per heavy atom.